The molecule has 0 fully saturated rings. The molecule has 1 aromatic carbocycles. The Morgan fingerprint density at radius 2 is 1.65 bits per heavy atom. The highest BCUT2D eigenvalue weighted by Crippen LogP contribution is 2.24. The third kappa shape index (κ3) is 3.16. The van der Waals surface area contributed by atoms with Crippen LogP contribution in [0.15, 0.2) is 28.7 Å². The zero-order valence-corrected chi connectivity index (χ0v) is 8.72. The van der Waals surface area contributed by atoms with Gasteiger partial charge in [0.1, 0.15) is 5.82 Å². The number of halogens is 4. The van der Waals surface area contributed by atoms with Crippen molar-refractivity contribution in [3.63, 3.8) is 0 Å². The minimum absolute atomic E-state index is 0.459. The van der Waals surface area contributed by atoms with Crippen molar-refractivity contribution in [3.8, 4) is 0 Å². The molecular weight excluding hydrogens is 266 g/mol. The van der Waals surface area contributed by atoms with Crippen LogP contribution in [0.25, 0.3) is 0 Å². The summed E-state index contributed by atoms with van der Waals surface area (Å²) in [4.78, 5) is 0. The molecule has 0 atom stereocenters. The second-order valence-electron chi connectivity index (χ2n) is 2.82. The van der Waals surface area contributed by atoms with Crippen molar-refractivity contribution in [3.05, 3.63) is 35.6 Å². The maximum absolute atomic E-state index is 12.4. The zero-order valence-electron chi connectivity index (χ0n) is 7.90. The number of rotatable bonds is 2. The Hall–Kier alpha value is -1.64. The van der Waals surface area contributed by atoms with Gasteiger partial charge in [-0.3, -0.25) is 0 Å². The van der Waals surface area contributed by atoms with E-state index in [1.807, 2.05) is 0 Å². The molecule has 0 aliphatic carbocycles. The van der Waals surface area contributed by atoms with Crippen LogP contribution in [0.4, 0.5) is 17.6 Å². The number of alkyl halides is 3. The molecule has 4 nitrogen and oxygen atoms in total. The number of hydrogen-bond acceptors (Lipinski definition) is 3. The van der Waals surface area contributed by atoms with Gasteiger partial charge < -0.3 is 5.11 Å². The molecule has 0 N–H and O–H groups in total. The van der Waals surface area contributed by atoms with Gasteiger partial charge in [-0.1, -0.05) is 12.1 Å². The lowest BCUT2D eigenvalue weighted by molar-refractivity contribution is -0.212. The van der Waals surface area contributed by atoms with Crippen molar-refractivity contribution in [1.29, 1.82) is 0 Å². The predicted octanol–water partition coefficient (Wildman–Crippen LogP) is 0.782. The van der Waals surface area contributed by atoms with E-state index in [1.165, 1.54) is 0 Å². The van der Waals surface area contributed by atoms with E-state index >= 15 is 0 Å². The summed E-state index contributed by atoms with van der Waals surface area (Å²) in [6.07, 6.45) is 0. The fraction of sp³-hybridized carbons (Fsp3) is 0.125. The number of benzene rings is 1. The third-order valence-corrected chi connectivity index (χ3v) is 2.58. The second-order valence-corrected chi connectivity index (χ2v) is 4.42. The molecule has 0 spiro atoms. The van der Waals surface area contributed by atoms with Gasteiger partial charge >= 0.3 is 15.5 Å². The normalized spacial score (nSPS) is 13.8. The summed E-state index contributed by atoms with van der Waals surface area (Å²) in [6.45, 7) is 0. The van der Waals surface area contributed by atoms with Crippen LogP contribution in [-0.2, 0) is 10.0 Å². The van der Waals surface area contributed by atoms with Crippen molar-refractivity contribution in [2.75, 3.05) is 0 Å². The number of sulfonamides is 1. The van der Waals surface area contributed by atoms with Crippen LogP contribution >= 0.6 is 0 Å². The second kappa shape index (κ2) is 4.32. The average Bonchev–Trinajstić information content (AvgIpc) is 2.16. The first kappa shape index (κ1) is 13.4. The quantitative estimate of drug-likeness (QED) is 0.453. The van der Waals surface area contributed by atoms with Crippen LogP contribution in [0, 0.1) is 5.82 Å². The number of hydrogen-bond donors (Lipinski definition) is 0. The SMILES string of the molecule is O=S(=O)(/N=C(\[O-])c1ccc(F)cc1)C(F)(F)F. The van der Waals surface area contributed by atoms with Crippen molar-refractivity contribution >= 4 is 15.9 Å². The van der Waals surface area contributed by atoms with Gasteiger partial charge in [0.15, 0.2) is 0 Å². The largest absolute Gasteiger partial charge is 0.858 e. The monoisotopic (exact) mass is 270 g/mol. The van der Waals surface area contributed by atoms with Gasteiger partial charge in [0.25, 0.3) is 0 Å². The third-order valence-electron chi connectivity index (χ3n) is 1.59. The lowest BCUT2D eigenvalue weighted by Crippen LogP contribution is -2.27. The van der Waals surface area contributed by atoms with Gasteiger partial charge in [-0.15, -0.1) is 0 Å². The van der Waals surface area contributed by atoms with Gasteiger partial charge in [0.05, 0.1) is 0 Å². The summed E-state index contributed by atoms with van der Waals surface area (Å²) in [5, 5.41) is 11.0. The number of nitrogens with zero attached hydrogens (tertiary/aromatic N) is 1. The molecule has 0 unspecified atom stereocenters. The standard InChI is InChI=1S/C8H5F4NO3S/c9-6-3-1-5(2-4-6)7(14)13-17(15,16)8(10,11)12/h1-4H,(H,13,14)/p-1. The first-order valence-corrected chi connectivity index (χ1v) is 5.42. The molecule has 94 valence electrons. The molecule has 0 saturated carbocycles. The van der Waals surface area contributed by atoms with Crippen molar-refractivity contribution in [2.24, 2.45) is 4.40 Å². The van der Waals surface area contributed by atoms with Crippen LogP contribution in [0.2, 0.25) is 0 Å². The minimum atomic E-state index is -5.87. The summed E-state index contributed by atoms with van der Waals surface area (Å²) in [7, 11) is -5.87. The summed E-state index contributed by atoms with van der Waals surface area (Å²) in [5.41, 5.74) is -6.10. The molecule has 0 heterocycles. The Morgan fingerprint density at radius 1 is 1.18 bits per heavy atom. The van der Waals surface area contributed by atoms with E-state index in [4.69, 9.17) is 0 Å². The molecule has 0 aromatic heterocycles. The molecule has 0 amide bonds. The predicted molar refractivity (Wildman–Crippen MR) is 47.9 cm³/mol. The van der Waals surface area contributed by atoms with Crippen LogP contribution in [0.3, 0.4) is 0 Å². The maximum atomic E-state index is 12.4. The summed E-state index contributed by atoms with van der Waals surface area (Å²) in [6, 6.07) is 3.24. The maximum Gasteiger partial charge on any atom is 0.518 e. The topological polar surface area (TPSA) is 69.6 Å². The summed E-state index contributed by atoms with van der Waals surface area (Å²) < 4.78 is 71.2. The van der Waals surface area contributed by atoms with Crippen LogP contribution in [0.5, 0.6) is 0 Å². The molecule has 0 aliphatic rings. The molecule has 0 bridgehead atoms. The molecule has 1 rings (SSSR count). The zero-order chi connectivity index (χ0) is 13.3. The molecular formula is C8H4F4NO3S-. The fourth-order valence-corrected chi connectivity index (χ4v) is 1.23. The van der Waals surface area contributed by atoms with Crippen molar-refractivity contribution in [1.82, 2.24) is 0 Å². The Balaban J connectivity index is 3.14. The molecule has 0 radical (unpaired) electrons. The Bertz CT molecular complexity index is 533. The highest BCUT2D eigenvalue weighted by Gasteiger charge is 2.45. The van der Waals surface area contributed by atoms with E-state index in [0.717, 1.165) is 24.3 Å². The lowest BCUT2D eigenvalue weighted by Gasteiger charge is -2.11. The highest BCUT2D eigenvalue weighted by molar-refractivity contribution is 7.91. The van der Waals surface area contributed by atoms with Gasteiger partial charge in [-0.2, -0.15) is 26.0 Å². The van der Waals surface area contributed by atoms with Crippen LogP contribution < -0.4 is 5.11 Å². The van der Waals surface area contributed by atoms with E-state index < -0.39 is 32.8 Å². The fourth-order valence-electron chi connectivity index (χ4n) is 0.806. The van der Waals surface area contributed by atoms with Gasteiger partial charge in [0, 0.05) is 5.90 Å². The first-order valence-electron chi connectivity index (χ1n) is 3.98. The van der Waals surface area contributed by atoms with E-state index in [2.05, 4.69) is 4.40 Å². The molecule has 17 heavy (non-hydrogen) atoms. The first-order chi connectivity index (χ1) is 7.63. The Morgan fingerprint density at radius 3 is 2.06 bits per heavy atom. The molecule has 1 aromatic rings. The van der Waals surface area contributed by atoms with Gasteiger partial charge in [0.2, 0.25) is 0 Å². The van der Waals surface area contributed by atoms with Crippen molar-refractivity contribution < 1.29 is 31.1 Å². The molecule has 9 heteroatoms. The van der Waals surface area contributed by atoms with Crippen molar-refractivity contribution in [2.45, 2.75) is 5.51 Å². The molecule has 0 aliphatic heterocycles. The van der Waals surface area contributed by atoms with E-state index in [9.17, 15) is 31.1 Å². The lowest BCUT2D eigenvalue weighted by atomic mass is 10.2. The van der Waals surface area contributed by atoms with E-state index in [1.54, 1.807) is 0 Å². The van der Waals surface area contributed by atoms with E-state index in [0.29, 0.717) is 0 Å². The van der Waals surface area contributed by atoms with Crippen LogP contribution in [-0.4, -0.2) is 19.8 Å². The Labute approximate surface area is 93.3 Å². The van der Waals surface area contributed by atoms with E-state index in [-0.39, 0.29) is 0 Å². The van der Waals surface area contributed by atoms with Crippen LogP contribution in [0.1, 0.15) is 5.56 Å². The Kier molecular flexibility index (Phi) is 3.41. The minimum Gasteiger partial charge on any atom is -0.858 e. The summed E-state index contributed by atoms with van der Waals surface area (Å²) in [5.74, 6) is -2.33. The highest BCUT2D eigenvalue weighted by atomic mass is 32.2. The smallest absolute Gasteiger partial charge is 0.518 e. The van der Waals surface area contributed by atoms with Gasteiger partial charge in [-0.25, -0.2) is 4.39 Å². The summed E-state index contributed by atoms with van der Waals surface area (Å²) >= 11 is 0. The molecule has 0 saturated heterocycles. The van der Waals surface area contributed by atoms with Gasteiger partial charge in [-0.05, 0) is 17.7 Å². The average molecular weight is 270 g/mol.